The number of halogens is 1. The Kier molecular flexibility index (Phi) is 3.11. The van der Waals surface area contributed by atoms with E-state index in [0.29, 0.717) is 5.69 Å². The standard InChI is InChI=1S/C7H9ClNO3S/c1-13(10,11)12-9-5-3-2-4-7(9)6-8/h2-5H,6H2,1H3/q+1. The minimum Gasteiger partial charge on any atom is -0.181 e. The molecule has 1 rings (SSSR count). The van der Waals surface area contributed by atoms with Crippen LogP contribution in [0.25, 0.3) is 0 Å². The lowest BCUT2D eigenvalue weighted by atomic mass is 10.4. The summed E-state index contributed by atoms with van der Waals surface area (Å²) in [6.07, 6.45) is 2.46. The molecule has 4 nitrogen and oxygen atoms in total. The van der Waals surface area contributed by atoms with Crippen molar-refractivity contribution in [3.63, 3.8) is 0 Å². The van der Waals surface area contributed by atoms with E-state index in [9.17, 15) is 8.42 Å². The monoisotopic (exact) mass is 222 g/mol. The maximum atomic E-state index is 10.8. The Morgan fingerprint density at radius 1 is 1.54 bits per heavy atom. The fraction of sp³-hybridized carbons (Fsp3) is 0.286. The van der Waals surface area contributed by atoms with E-state index in [1.807, 2.05) is 0 Å². The quantitative estimate of drug-likeness (QED) is 0.539. The zero-order valence-corrected chi connectivity index (χ0v) is 8.55. The van der Waals surface area contributed by atoms with Crippen molar-refractivity contribution in [1.82, 2.24) is 0 Å². The van der Waals surface area contributed by atoms with Gasteiger partial charge in [0.25, 0.3) is 5.69 Å². The molecule has 6 heteroatoms. The highest BCUT2D eigenvalue weighted by Crippen LogP contribution is 1.95. The molecule has 1 heterocycles. The molecule has 0 spiro atoms. The largest absolute Gasteiger partial charge is 0.364 e. The van der Waals surface area contributed by atoms with Crippen LogP contribution in [0.2, 0.25) is 0 Å². The molecule has 0 aliphatic rings. The van der Waals surface area contributed by atoms with Crippen molar-refractivity contribution < 1.29 is 17.4 Å². The summed E-state index contributed by atoms with van der Waals surface area (Å²) in [5.74, 6) is 0.191. The lowest BCUT2D eigenvalue weighted by molar-refractivity contribution is -0.861. The van der Waals surface area contributed by atoms with Gasteiger partial charge in [-0.2, -0.15) is 8.42 Å². The van der Waals surface area contributed by atoms with Crippen molar-refractivity contribution in [2.45, 2.75) is 5.88 Å². The Bertz CT molecular complexity index is 390. The number of rotatable bonds is 3. The number of pyridine rings is 1. The van der Waals surface area contributed by atoms with Gasteiger partial charge in [-0.15, -0.1) is 15.9 Å². The summed E-state index contributed by atoms with van der Waals surface area (Å²) in [5, 5.41) is 0. The molecular weight excluding hydrogens is 214 g/mol. The Balaban J connectivity index is 3.01. The SMILES string of the molecule is CS(=O)(=O)O[n+]1ccccc1CCl. The van der Waals surface area contributed by atoms with Crippen LogP contribution in [0.4, 0.5) is 0 Å². The summed E-state index contributed by atoms with van der Waals surface area (Å²) >= 11 is 5.57. The summed E-state index contributed by atoms with van der Waals surface area (Å²) in [6.45, 7) is 0. The molecule has 0 radical (unpaired) electrons. The van der Waals surface area contributed by atoms with Crippen LogP contribution in [-0.4, -0.2) is 14.7 Å². The highest BCUT2D eigenvalue weighted by molar-refractivity contribution is 7.86. The lowest BCUT2D eigenvalue weighted by Crippen LogP contribution is -2.48. The van der Waals surface area contributed by atoms with Gasteiger partial charge in [-0.1, -0.05) is 0 Å². The van der Waals surface area contributed by atoms with Crippen molar-refractivity contribution >= 4 is 21.7 Å². The lowest BCUT2D eigenvalue weighted by Gasteiger charge is -1.96. The first kappa shape index (κ1) is 10.3. The second-order valence-electron chi connectivity index (χ2n) is 2.43. The van der Waals surface area contributed by atoms with Gasteiger partial charge in [0, 0.05) is 16.9 Å². The maximum Gasteiger partial charge on any atom is 0.364 e. The van der Waals surface area contributed by atoms with Crippen LogP contribution in [0, 0.1) is 0 Å². The zero-order valence-electron chi connectivity index (χ0n) is 6.97. The molecule has 0 saturated carbocycles. The second-order valence-corrected chi connectivity index (χ2v) is 4.25. The molecule has 1 aromatic rings. The predicted octanol–water partition coefficient (Wildman–Crippen LogP) is 0.101. The van der Waals surface area contributed by atoms with Gasteiger partial charge in [-0.3, -0.25) is 0 Å². The molecule has 0 fully saturated rings. The van der Waals surface area contributed by atoms with Crippen molar-refractivity contribution in [2.75, 3.05) is 6.26 Å². The van der Waals surface area contributed by atoms with Crippen LogP contribution in [0.15, 0.2) is 24.4 Å². The van der Waals surface area contributed by atoms with Crippen LogP contribution in [0.1, 0.15) is 5.69 Å². The molecule has 0 amide bonds. The number of hydrogen-bond acceptors (Lipinski definition) is 3. The van der Waals surface area contributed by atoms with E-state index < -0.39 is 10.1 Å². The van der Waals surface area contributed by atoms with Crippen LogP contribution in [0.5, 0.6) is 0 Å². The van der Waals surface area contributed by atoms with Crippen molar-refractivity contribution in [3.05, 3.63) is 30.1 Å². The van der Waals surface area contributed by atoms with E-state index in [0.717, 1.165) is 11.0 Å². The predicted molar refractivity (Wildman–Crippen MR) is 47.6 cm³/mol. The van der Waals surface area contributed by atoms with Gasteiger partial charge < -0.3 is 0 Å². The summed E-state index contributed by atoms with van der Waals surface area (Å²) in [5.41, 5.74) is 0.578. The molecular formula is C7H9ClNO3S+. The van der Waals surface area contributed by atoms with Crippen LogP contribution < -0.4 is 9.01 Å². The average molecular weight is 223 g/mol. The first-order valence-corrected chi connectivity index (χ1v) is 5.83. The molecule has 72 valence electrons. The number of alkyl halides is 1. The van der Waals surface area contributed by atoms with E-state index in [2.05, 4.69) is 4.28 Å². The van der Waals surface area contributed by atoms with Gasteiger partial charge in [0.15, 0.2) is 0 Å². The normalized spacial score (nSPS) is 11.2. The Morgan fingerprint density at radius 3 is 2.77 bits per heavy atom. The van der Waals surface area contributed by atoms with E-state index in [1.54, 1.807) is 18.2 Å². The van der Waals surface area contributed by atoms with Crippen molar-refractivity contribution in [2.24, 2.45) is 0 Å². The zero-order chi connectivity index (χ0) is 9.90. The van der Waals surface area contributed by atoms with Gasteiger partial charge in [0.2, 0.25) is 6.20 Å². The minimum atomic E-state index is -3.51. The van der Waals surface area contributed by atoms with Crippen LogP contribution in [0.3, 0.4) is 0 Å². The van der Waals surface area contributed by atoms with Gasteiger partial charge >= 0.3 is 10.1 Å². The first-order valence-electron chi connectivity index (χ1n) is 3.48. The van der Waals surface area contributed by atoms with E-state index >= 15 is 0 Å². The topological polar surface area (TPSA) is 47.3 Å². The summed E-state index contributed by atoms with van der Waals surface area (Å²) < 4.78 is 27.3. The van der Waals surface area contributed by atoms with Gasteiger partial charge in [0.05, 0.1) is 6.26 Å². The molecule has 0 atom stereocenters. The van der Waals surface area contributed by atoms with E-state index in [1.165, 1.54) is 6.20 Å². The Morgan fingerprint density at radius 2 is 2.23 bits per heavy atom. The molecule has 0 N–H and O–H groups in total. The van der Waals surface area contributed by atoms with Crippen LogP contribution >= 0.6 is 11.6 Å². The summed E-state index contributed by atoms with van der Waals surface area (Å²) in [7, 11) is -3.51. The number of nitrogens with zero attached hydrogens (tertiary/aromatic N) is 1. The highest BCUT2D eigenvalue weighted by Gasteiger charge is 2.15. The fourth-order valence-corrected chi connectivity index (χ4v) is 1.43. The maximum absolute atomic E-state index is 10.8. The Labute approximate surface area is 81.8 Å². The van der Waals surface area contributed by atoms with E-state index in [-0.39, 0.29) is 5.88 Å². The molecule has 0 aromatic carbocycles. The smallest absolute Gasteiger partial charge is 0.181 e. The molecule has 0 aliphatic carbocycles. The average Bonchev–Trinajstić information content (AvgIpc) is 2.02. The highest BCUT2D eigenvalue weighted by atomic mass is 35.5. The molecule has 0 saturated heterocycles. The van der Waals surface area contributed by atoms with Gasteiger partial charge in [0.1, 0.15) is 5.88 Å². The fourth-order valence-electron chi connectivity index (χ4n) is 0.786. The van der Waals surface area contributed by atoms with Crippen molar-refractivity contribution in [3.8, 4) is 0 Å². The van der Waals surface area contributed by atoms with Gasteiger partial charge in [-0.05, 0) is 6.07 Å². The molecule has 0 aliphatic heterocycles. The molecule has 0 unspecified atom stereocenters. The third-order valence-corrected chi connectivity index (χ3v) is 1.96. The number of hydrogen-bond donors (Lipinski definition) is 0. The van der Waals surface area contributed by atoms with E-state index in [4.69, 9.17) is 11.6 Å². The Hall–Kier alpha value is -0.810. The first-order chi connectivity index (χ1) is 6.03. The van der Waals surface area contributed by atoms with Crippen LogP contribution in [-0.2, 0) is 16.0 Å². The molecule has 0 bridgehead atoms. The third kappa shape index (κ3) is 3.20. The molecule has 1 aromatic heterocycles. The second kappa shape index (κ2) is 3.93. The molecule has 13 heavy (non-hydrogen) atoms. The summed E-state index contributed by atoms with van der Waals surface area (Å²) in [6, 6.07) is 5.08. The van der Waals surface area contributed by atoms with Crippen molar-refractivity contribution in [1.29, 1.82) is 0 Å². The third-order valence-electron chi connectivity index (χ3n) is 1.26. The van der Waals surface area contributed by atoms with Gasteiger partial charge in [-0.25, -0.2) is 0 Å². The number of aromatic nitrogens is 1. The summed E-state index contributed by atoms with van der Waals surface area (Å²) in [4.78, 5) is 0. The minimum absolute atomic E-state index is 0.191.